The van der Waals surface area contributed by atoms with Gasteiger partial charge in [0.1, 0.15) is 0 Å². The van der Waals surface area contributed by atoms with Crippen LogP contribution in [0, 0.1) is 5.92 Å². The summed E-state index contributed by atoms with van der Waals surface area (Å²) in [5.74, 6) is 0.418. The summed E-state index contributed by atoms with van der Waals surface area (Å²) < 4.78 is 52.8. The van der Waals surface area contributed by atoms with Gasteiger partial charge in [-0.3, -0.25) is 0 Å². The van der Waals surface area contributed by atoms with Crippen molar-refractivity contribution in [2.24, 2.45) is 5.92 Å². The first kappa shape index (κ1) is 17.8. The number of rotatable bonds is 8. The summed E-state index contributed by atoms with van der Waals surface area (Å²) >= 11 is 0. The molecule has 0 unspecified atom stereocenters. The van der Waals surface area contributed by atoms with E-state index in [0.717, 1.165) is 12.8 Å². The Morgan fingerprint density at radius 2 is 1.80 bits per heavy atom. The minimum absolute atomic E-state index is 0.0321. The van der Waals surface area contributed by atoms with Crippen molar-refractivity contribution in [3.05, 3.63) is 0 Å². The average Bonchev–Trinajstić information content (AvgIpc) is 2.38. The van der Waals surface area contributed by atoms with Gasteiger partial charge < -0.3 is 0 Å². The molecule has 1 heterocycles. The van der Waals surface area contributed by atoms with Crippen molar-refractivity contribution in [1.82, 2.24) is 13.7 Å². The summed E-state index contributed by atoms with van der Waals surface area (Å²) in [5, 5.41) is 0. The molecular formula is C11H25N3O4S2. The molecule has 0 amide bonds. The zero-order valence-corrected chi connectivity index (χ0v) is 13.8. The van der Waals surface area contributed by atoms with Crippen molar-refractivity contribution >= 4 is 20.2 Å². The second-order valence-corrected chi connectivity index (χ2v) is 9.01. The molecule has 20 heavy (non-hydrogen) atoms. The van der Waals surface area contributed by atoms with E-state index in [-0.39, 0.29) is 18.8 Å². The van der Waals surface area contributed by atoms with Gasteiger partial charge in [0.2, 0.25) is 10.0 Å². The monoisotopic (exact) mass is 327 g/mol. The molecule has 1 saturated heterocycles. The van der Waals surface area contributed by atoms with E-state index in [1.807, 2.05) is 6.92 Å². The molecular weight excluding hydrogens is 302 g/mol. The van der Waals surface area contributed by atoms with Crippen LogP contribution < -0.4 is 9.44 Å². The molecule has 120 valence electrons. The molecule has 1 atom stereocenters. The third-order valence-electron chi connectivity index (χ3n) is 3.30. The Bertz CT molecular complexity index is 490. The molecule has 0 bridgehead atoms. The summed E-state index contributed by atoms with van der Waals surface area (Å²) in [6, 6.07) is 0. The normalized spacial score (nSPS) is 22.0. The van der Waals surface area contributed by atoms with Crippen molar-refractivity contribution in [3.8, 4) is 0 Å². The number of hydrogen-bond acceptors (Lipinski definition) is 4. The molecule has 1 aliphatic rings. The van der Waals surface area contributed by atoms with E-state index >= 15 is 0 Å². The van der Waals surface area contributed by atoms with E-state index in [0.29, 0.717) is 25.4 Å². The topological polar surface area (TPSA) is 95.6 Å². The minimum Gasteiger partial charge on any atom is -0.215 e. The molecule has 0 saturated carbocycles. The predicted molar refractivity (Wildman–Crippen MR) is 79.0 cm³/mol. The fraction of sp³-hybridized carbons (Fsp3) is 1.00. The van der Waals surface area contributed by atoms with E-state index in [1.165, 1.54) is 4.31 Å². The van der Waals surface area contributed by atoms with Gasteiger partial charge in [-0.2, -0.15) is 12.7 Å². The van der Waals surface area contributed by atoms with Gasteiger partial charge in [0.05, 0.1) is 5.75 Å². The van der Waals surface area contributed by atoms with Crippen LogP contribution in [0.15, 0.2) is 0 Å². The van der Waals surface area contributed by atoms with Crippen LogP contribution in [0.4, 0.5) is 0 Å². The third kappa shape index (κ3) is 6.04. The highest BCUT2D eigenvalue weighted by atomic mass is 32.2. The smallest absolute Gasteiger partial charge is 0.215 e. The lowest BCUT2D eigenvalue weighted by Crippen LogP contribution is -2.46. The number of nitrogens with one attached hydrogen (secondary N) is 2. The lowest BCUT2D eigenvalue weighted by molar-refractivity contribution is 0.278. The highest BCUT2D eigenvalue weighted by Crippen LogP contribution is 2.17. The molecule has 0 radical (unpaired) electrons. The summed E-state index contributed by atoms with van der Waals surface area (Å²) in [6.07, 6.45) is 2.38. The van der Waals surface area contributed by atoms with Crippen LogP contribution in [0.1, 0.15) is 33.1 Å². The van der Waals surface area contributed by atoms with E-state index in [9.17, 15) is 16.8 Å². The first-order valence-electron chi connectivity index (χ1n) is 6.99. The van der Waals surface area contributed by atoms with Crippen LogP contribution in [-0.2, 0) is 20.2 Å². The summed E-state index contributed by atoms with van der Waals surface area (Å²) in [7, 11) is -6.63. The largest absolute Gasteiger partial charge is 0.279 e. The molecule has 1 aliphatic heterocycles. The van der Waals surface area contributed by atoms with Crippen molar-refractivity contribution in [2.45, 2.75) is 33.1 Å². The molecule has 0 aromatic rings. The van der Waals surface area contributed by atoms with Gasteiger partial charge in [-0.1, -0.05) is 6.92 Å². The van der Waals surface area contributed by atoms with Gasteiger partial charge in [-0.25, -0.2) is 17.9 Å². The second kappa shape index (κ2) is 7.69. The fourth-order valence-electron chi connectivity index (χ4n) is 2.08. The summed E-state index contributed by atoms with van der Waals surface area (Å²) in [5.41, 5.74) is 0. The Labute approximate surface area is 122 Å². The number of piperidine rings is 1. The predicted octanol–water partition coefficient (Wildman–Crippen LogP) is -0.118. The maximum Gasteiger partial charge on any atom is 0.279 e. The van der Waals surface area contributed by atoms with Crippen LogP contribution in [0.25, 0.3) is 0 Å². The molecule has 0 aromatic heterocycles. The highest BCUT2D eigenvalue weighted by Gasteiger charge is 2.26. The van der Waals surface area contributed by atoms with E-state index in [4.69, 9.17) is 0 Å². The molecule has 0 spiro atoms. The Hall–Kier alpha value is -0.220. The third-order valence-corrected chi connectivity index (χ3v) is 6.28. The lowest BCUT2D eigenvalue weighted by Gasteiger charge is -2.29. The van der Waals surface area contributed by atoms with Gasteiger partial charge in [0.15, 0.2) is 0 Å². The van der Waals surface area contributed by atoms with Crippen molar-refractivity contribution in [1.29, 1.82) is 0 Å². The van der Waals surface area contributed by atoms with Gasteiger partial charge in [-0.15, -0.1) is 0 Å². The fourth-order valence-corrected chi connectivity index (χ4v) is 4.14. The SMILES string of the molecule is CCS(=O)(=O)NCCCNS(=O)(=O)N1CCC[C@H](C)C1. The van der Waals surface area contributed by atoms with Gasteiger partial charge in [0, 0.05) is 26.2 Å². The Morgan fingerprint density at radius 1 is 1.15 bits per heavy atom. The van der Waals surface area contributed by atoms with E-state index in [2.05, 4.69) is 9.44 Å². The summed E-state index contributed by atoms with van der Waals surface area (Å²) in [4.78, 5) is 0. The molecule has 1 fully saturated rings. The number of nitrogens with zero attached hydrogens (tertiary/aromatic N) is 1. The van der Waals surface area contributed by atoms with Crippen molar-refractivity contribution < 1.29 is 16.8 Å². The number of sulfonamides is 1. The second-order valence-electron chi connectivity index (χ2n) is 5.16. The maximum atomic E-state index is 12.0. The zero-order chi connectivity index (χ0) is 15.2. The van der Waals surface area contributed by atoms with Crippen LogP contribution >= 0.6 is 0 Å². The Balaban J connectivity index is 2.30. The van der Waals surface area contributed by atoms with Gasteiger partial charge in [-0.05, 0) is 32.1 Å². The van der Waals surface area contributed by atoms with Crippen LogP contribution in [-0.4, -0.2) is 53.1 Å². The first-order valence-corrected chi connectivity index (χ1v) is 10.1. The zero-order valence-electron chi connectivity index (χ0n) is 12.1. The summed E-state index contributed by atoms with van der Waals surface area (Å²) in [6.45, 7) is 5.19. The molecule has 2 N–H and O–H groups in total. The highest BCUT2D eigenvalue weighted by molar-refractivity contribution is 7.89. The number of hydrogen-bond donors (Lipinski definition) is 2. The Morgan fingerprint density at radius 3 is 2.40 bits per heavy atom. The lowest BCUT2D eigenvalue weighted by atomic mass is 10.0. The first-order chi connectivity index (χ1) is 9.27. The van der Waals surface area contributed by atoms with Crippen molar-refractivity contribution in [2.75, 3.05) is 31.9 Å². The van der Waals surface area contributed by atoms with E-state index in [1.54, 1.807) is 6.92 Å². The van der Waals surface area contributed by atoms with Gasteiger partial charge >= 0.3 is 0 Å². The van der Waals surface area contributed by atoms with Crippen molar-refractivity contribution in [3.63, 3.8) is 0 Å². The van der Waals surface area contributed by atoms with Gasteiger partial charge in [0.25, 0.3) is 10.2 Å². The molecule has 0 aliphatic carbocycles. The quantitative estimate of drug-likeness (QED) is 0.608. The maximum absolute atomic E-state index is 12.0. The average molecular weight is 327 g/mol. The minimum atomic E-state index is -3.43. The van der Waals surface area contributed by atoms with E-state index < -0.39 is 20.2 Å². The van der Waals surface area contributed by atoms with Crippen LogP contribution in [0.3, 0.4) is 0 Å². The molecule has 7 nitrogen and oxygen atoms in total. The molecule has 0 aromatic carbocycles. The van der Waals surface area contributed by atoms with Crippen LogP contribution in [0.5, 0.6) is 0 Å². The van der Waals surface area contributed by atoms with Crippen LogP contribution in [0.2, 0.25) is 0 Å². The molecule has 1 rings (SSSR count). The molecule has 9 heteroatoms. The standard InChI is InChI=1S/C11H25N3O4S2/c1-3-19(15,16)12-7-5-8-13-20(17,18)14-9-4-6-11(2)10-14/h11-13H,3-10H2,1-2H3/t11-/m0/s1. The Kier molecular flexibility index (Phi) is 6.86.